The summed E-state index contributed by atoms with van der Waals surface area (Å²) in [6.45, 7) is 0. The van der Waals surface area contributed by atoms with Crippen molar-refractivity contribution < 1.29 is 0 Å². The molecule has 3 aromatic heterocycles. The highest BCUT2D eigenvalue weighted by molar-refractivity contribution is 6.13. The van der Waals surface area contributed by atoms with Gasteiger partial charge in [0.25, 0.3) is 0 Å². The Hall–Kier alpha value is -9.12. The van der Waals surface area contributed by atoms with E-state index >= 15 is 0 Å². The normalized spacial score (nSPS) is 11.8. The molecule has 4 heteroatoms. The van der Waals surface area contributed by atoms with Gasteiger partial charge in [0, 0.05) is 65.8 Å². The minimum atomic E-state index is 1.07. The van der Waals surface area contributed by atoms with Gasteiger partial charge in [0.05, 0.1) is 44.5 Å². The molecule has 0 N–H and O–H groups in total. The molecule has 318 valence electrons. The number of para-hydroxylation sites is 6. The maximum absolute atomic E-state index is 2.43. The zero-order valence-corrected chi connectivity index (χ0v) is 37.0. The van der Waals surface area contributed by atoms with Gasteiger partial charge in [-0.1, -0.05) is 158 Å². The summed E-state index contributed by atoms with van der Waals surface area (Å²) in [7, 11) is 0. The summed E-state index contributed by atoms with van der Waals surface area (Å²) in [4.78, 5) is 2.42. The Morgan fingerprint density at radius 2 is 0.618 bits per heavy atom. The molecule has 0 aliphatic rings. The molecule has 0 radical (unpaired) electrons. The predicted octanol–water partition coefficient (Wildman–Crippen LogP) is 17.3. The number of aromatic nitrogens is 3. The van der Waals surface area contributed by atoms with Crippen LogP contribution in [0.25, 0.3) is 104 Å². The van der Waals surface area contributed by atoms with Gasteiger partial charge in [-0.05, 0) is 108 Å². The molecule has 11 aromatic carbocycles. The second kappa shape index (κ2) is 15.2. The number of hydrogen-bond donors (Lipinski definition) is 0. The molecule has 0 atom stereocenters. The molecule has 0 bridgehead atoms. The highest BCUT2D eigenvalue weighted by atomic mass is 15.1. The van der Waals surface area contributed by atoms with E-state index in [1.165, 1.54) is 81.8 Å². The number of benzene rings is 11. The van der Waals surface area contributed by atoms with Crippen molar-refractivity contribution in [2.24, 2.45) is 0 Å². The number of fused-ring (bicyclic) bond motifs is 10. The molecule has 4 nitrogen and oxygen atoms in total. The SMILES string of the molecule is c1ccc(-n2c3ccccc3c3ccc(-c4ccc(N(c5ccc(-n6c7ccccc7c7ccccc76)cc5)c5ccc(-n6c7ccccc7c7ccccc76)c6ccccc56)cc4)cc32)cc1. The topological polar surface area (TPSA) is 18.0 Å². The maximum atomic E-state index is 2.43. The quantitative estimate of drug-likeness (QED) is 0.156. The van der Waals surface area contributed by atoms with Gasteiger partial charge in [-0.2, -0.15) is 0 Å². The standard InChI is InChI=1S/C64H42N4/c1-2-16-45(17-3-1)67-59-27-13-8-24-55(59)56-39-32-44(42-64(56)67)43-30-33-46(34-31-43)65(47-35-37-48(38-36-47)66-57-25-11-6-20-49(57)50-21-7-12-26-58(50)66)62-40-41-63(54-19-5-4-18-53(54)62)68-60-28-14-9-22-51(60)52-23-10-15-29-61(52)68/h1-42H. The van der Waals surface area contributed by atoms with Crippen LogP contribution in [0.1, 0.15) is 0 Å². The van der Waals surface area contributed by atoms with Crippen molar-refractivity contribution in [2.45, 2.75) is 0 Å². The van der Waals surface area contributed by atoms with E-state index in [1.807, 2.05) is 0 Å². The third-order valence-electron chi connectivity index (χ3n) is 14.0. The number of nitrogens with zero attached hydrogens (tertiary/aromatic N) is 4. The first kappa shape index (κ1) is 38.2. The third-order valence-corrected chi connectivity index (χ3v) is 14.0. The van der Waals surface area contributed by atoms with E-state index < -0.39 is 0 Å². The first-order valence-electron chi connectivity index (χ1n) is 23.3. The Balaban J connectivity index is 0.939. The van der Waals surface area contributed by atoms with Crippen molar-refractivity contribution in [3.05, 3.63) is 255 Å². The van der Waals surface area contributed by atoms with E-state index in [1.54, 1.807) is 0 Å². The lowest BCUT2D eigenvalue weighted by Crippen LogP contribution is -2.11. The third kappa shape index (κ3) is 5.81. The molecule has 0 fully saturated rings. The van der Waals surface area contributed by atoms with Crippen LogP contribution in [-0.2, 0) is 0 Å². The van der Waals surface area contributed by atoms with E-state index in [2.05, 4.69) is 273 Å². The van der Waals surface area contributed by atoms with Crippen LogP contribution in [0.2, 0.25) is 0 Å². The van der Waals surface area contributed by atoms with Gasteiger partial charge in [0.15, 0.2) is 0 Å². The summed E-state index contributed by atoms with van der Waals surface area (Å²) in [5.41, 5.74) is 16.2. The van der Waals surface area contributed by atoms with Crippen LogP contribution >= 0.6 is 0 Å². The largest absolute Gasteiger partial charge is 0.310 e. The number of anilines is 3. The van der Waals surface area contributed by atoms with Crippen LogP contribution in [0.15, 0.2) is 255 Å². The van der Waals surface area contributed by atoms with Crippen molar-refractivity contribution in [1.29, 1.82) is 0 Å². The molecule has 68 heavy (non-hydrogen) atoms. The monoisotopic (exact) mass is 866 g/mol. The summed E-state index contributed by atoms with van der Waals surface area (Å²) in [6, 6.07) is 93.0. The second-order valence-electron chi connectivity index (χ2n) is 17.7. The Bertz CT molecular complexity index is 4140. The molecule has 0 saturated heterocycles. The summed E-state index contributed by atoms with van der Waals surface area (Å²) < 4.78 is 7.21. The summed E-state index contributed by atoms with van der Waals surface area (Å²) in [6.07, 6.45) is 0. The smallest absolute Gasteiger partial charge is 0.0547 e. The minimum Gasteiger partial charge on any atom is -0.310 e. The summed E-state index contributed by atoms with van der Waals surface area (Å²) in [5.74, 6) is 0. The molecule has 0 aliphatic carbocycles. The van der Waals surface area contributed by atoms with Crippen molar-refractivity contribution >= 4 is 93.3 Å². The van der Waals surface area contributed by atoms with E-state index in [4.69, 9.17) is 0 Å². The summed E-state index contributed by atoms with van der Waals surface area (Å²) >= 11 is 0. The van der Waals surface area contributed by atoms with Crippen molar-refractivity contribution in [3.63, 3.8) is 0 Å². The summed E-state index contributed by atoms with van der Waals surface area (Å²) in [5, 5.41) is 9.86. The van der Waals surface area contributed by atoms with Crippen LogP contribution in [0.4, 0.5) is 17.1 Å². The fourth-order valence-electron chi connectivity index (χ4n) is 11.0. The lowest BCUT2D eigenvalue weighted by Gasteiger charge is -2.28. The first-order chi connectivity index (χ1) is 33.8. The van der Waals surface area contributed by atoms with Gasteiger partial charge in [0.1, 0.15) is 0 Å². The average Bonchev–Trinajstić information content (AvgIpc) is 4.05. The van der Waals surface area contributed by atoms with Gasteiger partial charge >= 0.3 is 0 Å². The van der Waals surface area contributed by atoms with E-state index in [-0.39, 0.29) is 0 Å². The zero-order chi connectivity index (χ0) is 44.7. The van der Waals surface area contributed by atoms with Crippen molar-refractivity contribution in [2.75, 3.05) is 4.90 Å². The Morgan fingerprint density at radius 1 is 0.235 bits per heavy atom. The lowest BCUT2D eigenvalue weighted by atomic mass is 10.0. The number of rotatable bonds is 7. The average molecular weight is 867 g/mol. The Kier molecular flexibility index (Phi) is 8.55. The highest BCUT2D eigenvalue weighted by Gasteiger charge is 2.21. The first-order valence-corrected chi connectivity index (χ1v) is 23.3. The number of hydrogen-bond acceptors (Lipinski definition) is 1. The fourth-order valence-corrected chi connectivity index (χ4v) is 11.0. The molecular weight excluding hydrogens is 825 g/mol. The Morgan fingerprint density at radius 3 is 1.15 bits per heavy atom. The molecule has 0 unspecified atom stereocenters. The lowest BCUT2D eigenvalue weighted by molar-refractivity contribution is 1.17. The highest BCUT2D eigenvalue weighted by Crippen LogP contribution is 2.44. The zero-order valence-electron chi connectivity index (χ0n) is 37.0. The van der Waals surface area contributed by atoms with Crippen LogP contribution in [0, 0.1) is 0 Å². The van der Waals surface area contributed by atoms with Gasteiger partial charge in [0.2, 0.25) is 0 Å². The Labute approximate surface area is 393 Å². The maximum Gasteiger partial charge on any atom is 0.0547 e. The van der Waals surface area contributed by atoms with Crippen LogP contribution in [0.3, 0.4) is 0 Å². The van der Waals surface area contributed by atoms with Crippen LogP contribution < -0.4 is 4.90 Å². The van der Waals surface area contributed by atoms with Crippen molar-refractivity contribution in [1.82, 2.24) is 13.7 Å². The molecule has 0 amide bonds. The predicted molar refractivity (Wildman–Crippen MR) is 287 cm³/mol. The van der Waals surface area contributed by atoms with Crippen LogP contribution in [0.5, 0.6) is 0 Å². The van der Waals surface area contributed by atoms with Gasteiger partial charge in [-0.25, -0.2) is 0 Å². The molecule has 0 aliphatic heterocycles. The minimum absolute atomic E-state index is 1.07. The molecule has 0 saturated carbocycles. The van der Waals surface area contributed by atoms with Crippen LogP contribution in [-0.4, -0.2) is 13.7 Å². The molecule has 14 rings (SSSR count). The van der Waals surface area contributed by atoms with Gasteiger partial charge in [-0.3, -0.25) is 0 Å². The molecule has 0 spiro atoms. The van der Waals surface area contributed by atoms with E-state index in [0.29, 0.717) is 0 Å². The van der Waals surface area contributed by atoms with Gasteiger partial charge in [-0.15, -0.1) is 0 Å². The van der Waals surface area contributed by atoms with Gasteiger partial charge < -0.3 is 18.6 Å². The van der Waals surface area contributed by atoms with E-state index in [9.17, 15) is 0 Å². The molecule has 14 aromatic rings. The molecule has 3 heterocycles. The molecular formula is C64H42N4. The fraction of sp³-hybridized carbons (Fsp3) is 0. The van der Waals surface area contributed by atoms with Crippen molar-refractivity contribution in [3.8, 4) is 28.2 Å². The second-order valence-corrected chi connectivity index (χ2v) is 17.7. The van der Waals surface area contributed by atoms with E-state index in [0.717, 1.165) is 39.7 Å².